The fourth-order valence-electron chi connectivity index (χ4n) is 1.57. The van der Waals surface area contributed by atoms with E-state index < -0.39 is 0 Å². The molecule has 17 heavy (non-hydrogen) atoms. The van der Waals surface area contributed by atoms with Crippen molar-refractivity contribution < 1.29 is 4.74 Å². The molecule has 88 valence electrons. The molecule has 2 rings (SSSR count). The predicted molar refractivity (Wildman–Crippen MR) is 64.7 cm³/mol. The molecule has 0 bridgehead atoms. The van der Waals surface area contributed by atoms with Crippen LogP contribution in [0.1, 0.15) is 5.56 Å². The van der Waals surface area contributed by atoms with Gasteiger partial charge in [-0.1, -0.05) is 6.08 Å². The summed E-state index contributed by atoms with van der Waals surface area (Å²) in [6.45, 7) is 6.17. The smallest absolute Gasteiger partial charge is 0.204 e. The molecule has 0 saturated carbocycles. The zero-order valence-electron chi connectivity index (χ0n) is 9.92. The van der Waals surface area contributed by atoms with Gasteiger partial charge >= 0.3 is 0 Å². The average molecular weight is 230 g/mol. The van der Waals surface area contributed by atoms with Crippen molar-refractivity contribution in [3.63, 3.8) is 0 Å². The number of aryl methyl sites for hydroxylation is 1. The van der Waals surface area contributed by atoms with Crippen molar-refractivity contribution in [3.8, 4) is 17.1 Å². The molecule has 0 aliphatic heterocycles. The number of hydrogen-bond donors (Lipinski definition) is 0. The van der Waals surface area contributed by atoms with Crippen LogP contribution in [0.4, 0.5) is 0 Å². The molecule has 0 saturated heterocycles. The average Bonchev–Trinajstić information content (AvgIpc) is 2.78. The highest BCUT2D eigenvalue weighted by molar-refractivity contribution is 5.57. The van der Waals surface area contributed by atoms with Crippen LogP contribution in [0.2, 0.25) is 0 Å². The van der Waals surface area contributed by atoms with Crippen molar-refractivity contribution >= 4 is 0 Å². The van der Waals surface area contributed by atoms with E-state index in [0.717, 1.165) is 16.9 Å². The molecule has 0 unspecified atom stereocenters. The summed E-state index contributed by atoms with van der Waals surface area (Å²) in [5.41, 5.74) is 1.98. The second-order valence-corrected chi connectivity index (χ2v) is 3.64. The van der Waals surface area contributed by atoms with E-state index in [1.165, 1.54) is 4.80 Å². The van der Waals surface area contributed by atoms with Crippen LogP contribution in [0, 0.1) is 6.92 Å². The van der Waals surface area contributed by atoms with Gasteiger partial charge in [-0.2, -0.15) is 4.80 Å². The number of ether oxygens (including phenoxy) is 1. The molecule has 0 spiro atoms. The van der Waals surface area contributed by atoms with E-state index in [2.05, 4.69) is 22.0 Å². The van der Waals surface area contributed by atoms with Gasteiger partial charge in [0.2, 0.25) is 5.82 Å². The van der Waals surface area contributed by atoms with Crippen molar-refractivity contribution in [3.05, 3.63) is 36.4 Å². The number of methoxy groups -OCH3 is 1. The van der Waals surface area contributed by atoms with Gasteiger partial charge < -0.3 is 4.74 Å². The van der Waals surface area contributed by atoms with Crippen molar-refractivity contribution in [2.75, 3.05) is 7.11 Å². The lowest BCUT2D eigenvalue weighted by molar-refractivity contribution is 0.412. The Balaban J connectivity index is 2.32. The summed E-state index contributed by atoms with van der Waals surface area (Å²) >= 11 is 0. The van der Waals surface area contributed by atoms with E-state index in [0.29, 0.717) is 12.4 Å². The van der Waals surface area contributed by atoms with Gasteiger partial charge in [-0.3, -0.25) is 0 Å². The first kappa shape index (κ1) is 11.3. The standard InChI is InChI=1S/C12H14N4O/c1-4-7-16-14-12(13-15-16)10-5-6-11(17-3)9(2)8-10/h4-6,8H,1,7H2,2-3H3. The summed E-state index contributed by atoms with van der Waals surface area (Å²) < 4.78 is 5.20. The summed E-state index contributed by atoms with van der Waals surface area (Å²) in [4.78, 5) is 1.50. The highest BCUT2D eigenvalue weighted by Crippen LogP contribution is 2.23. The second-order valence-electron chi connectivity index (χ2n) is 3.64. The van der Waals surface area contributed by atoms with E-state index in [1.807, 2.05) is 25.1 Å². The van der Waals surface area contributed by atoms with Crippen LogP contribution < -0.4 is 4.74 Å². The quantitative estimate of drug-likeness (QED) is 0.752. The van der Waals surface area contributed by atoms with Crippen molar-refractivity contribution in [2.24, 2.45) is 0 Å². The van der Waals surface area contributed by atoms with Crippen LogP contribution in [0.15, 0.2) is 30.9 Å². The summed E-state index contributed by atoms with van der Waals surface area (Å²) in [5, 5.41) is 12.2. The Morgan fingerprint density at radius 1 is 1.47 bits per heavy atom. The number of tetrazole rings is 1. The van der Waals surface area contributed by atoms with Gasteiger partial charge in [0.05, 0.1) is 13.7 Å². The summed E-state index contributed by atoms with van der Waals surface area (Å²) in [6.07, 6.45) is 1.73. The normalized spacial score (nSPS) is 10.2. The van der Waals surface area contributed by atoms with Gasteiger partial charge in [-0.05, 0) is 35.9 Å². The molecule has 0 aliphatic rings. The molecule has 0 fully saturated rings. The highest BCUT2D eigenvalue weighted by Gasteiger charge is 2.07. The maximum atomic E-state index is 5.20. The van der Waals surface area contributed by atoms with Gasteiger partial charge in [-0.25, -0.2) is 0 Å². The molecule has 2 aromatic rings. The minimum absolute atomic E-state index is 0.558. The van der Waals surface area contributed by atoms with Crippen LogP contribution in [0.3, 0.4) is 0 Å². The van der Waals surface area contributed by atoms with Crippen molar-refractivity contribution in [1.29, 1.82) is 0 Å². The lowest BCUT2D eigenvalue weighted by atomic mass is 10.1. The van der Waals surface area contributed by atoms with Gasteiger partial charge in [0.25, 0.3) is 0 Å². The number of benzene rings is 1. The number of rotatable bonds is 4. The SMILES string of the molecule is C=CCn1nnc(-c2ccc(OC)c(C)c2)n1. The van der Waals surface area contributed by atoms with E-state index in [-0.39, 0.29) is 0 Å². The maximum Gasteiger partial charge on any atom is 0.204 e. The summed E-state index contributed by atoms with van der Waals surface area (Å²) in [7, 11) is 1.65. The lowest BCUT2D eigenvalue weighted by Crippen LogP contribution is -1.99. The number of aromatic nitrogens is 4. The van der Waals surface area contributed by atoms with E-state index in [4.69, 9.17) is 4.74 Å². The third-order valence-corrected chi connectivity index (χ3v) is 2.40. The van der Waals surface area contributed by atoms with E-state index >= 15 is 0 Å². The third-order valence-electron chi connectivity index (χ3n) is 2.40. The molecule has 0 radical (unpaired) electrons. The van der Waals surface area contributed by atoms with Gasteiger partial charge in [0.1, 0.15) is 5.75 Å². The first-order valence-electron chi connectivity index (χ1n) is 5.28. The Bertz CT molecular complexity index is 533. The molecule has 0 amide bonds. The van der Waals surface area contributed by atoms with Crippen LogP contribution >= 0.6 is 0 Å². The Morgan fingerprint density at radius 3 is 2.94 bits per heavy atom. The summed E-state index contributed by atoms with van der Waals surface area (Å²) in [5.74, 6) is 1.46. The molecule has 1 aromatic carbocycles. The highest BCUT2D eigenvalue weighted by atomic mass is 16.5. The molecule has 1 heterocycles. The Hall–Kier alpha value is -2.17. The molecule has 0 aliphatic carbocycles. The molecule has 0 N–H and O–H groups in total. The zero-order chi connectivity index (χ0) is 12.3. The molecule has 5 heteroatoms. The Morgan fingerprint density at radius 2 is 2.29 bits per heavy atom. The number of nitrogens with zero attached hydrogens (tertiary/aromatic N) is 4. The molecular weight excluding hydrogens is 216 g/mol. The largest absolute Gasteiger partial charge is 0.496 e. The first-order valence-corrected chi connectivity index (χ1v) is 5.28. The third kappa shape index (κ3) is 2.33. The minimum atomic E-state index is 0.558. The molecule has 0 atom stereocenters. The van der Waals surface area contributed by atoms with E-state index in [1.54, 1.807) is 13.2 Å². The maximum absolute atomic E-state index is 5.20. The topological polar surface area (TPSA) is 52.8 Å². The van der Waals surface area contributed by atoms with Crippen LogP contribution in [-0.2, 0) is 6.54 Å². The van der Waals surface area contributed by atoms with Crippen molar-refractivity contribution in [1.82, 2.24) is 20.2 Å². The number of hydrogen-bond acceptors (Lipinski definition) is 4. The first-order chi connectivity index (χ1) is 8.24. The van der Waals surface area contributed by atoms with Crippen LogP contribution in [0.25, 0.3) is 11.4 Å². The molecule has 1 aromatic heterocycles. The monoisotopic (exact) mass is 230 g/mol. The Kier molecular flexibility index (Phi) is 3.18. The van der Waals surface area contributed by atoms with Crippen LogP contribution in [-0.4, -0.2) is 27.3 Å². The molecule has 5 nitrogen and oxygen atoms in total. The van der Waals surface area contributed by atoms with Crippen LogP contribution in [0.5, 0.6) is 5.75 Å². The van der Waals surface area contributed by atoms with E-state index in [9.17, 15) is 0 Å². The van der Waals surface area contributed by atoms with Gasteiger partial charge in [0, 0.05) is 5.56 Å². The molecular formula is C12H14N4O. The zero-order valence-corrected chi connectivity index (χ0v) is 9.92. The van der Waals surface area contributed by atoms with Crippen molar-refractivity contribution in [2.45, 2.75) is 13.5 Å². The number of allylic oxidation sites excluding steroid dienone is 1. The Labute approximate surface area is 99.7 Å². The lowest BCUT2D eigenvalue weighted by Gasteiger charge is -2.04. The summed E-state index contributed by atoms with van der Waals surface area (Å²) in [6, 6.07) is 5.80. The van der Waals surface area contributed by atoms with Gasteiger partial charge in [0.15, 0.2) is 0 Å². The minimum Gasteiger partial charge on any atom is -0.496 e. The fraction of sp³-hybridized carbons (Fsp3) is 0.250. The fourth-order valence-corrected chi connectivity index (χ4v) is 1.57. The predicted octanol–water partition coefficient (Wildman–Crippen LogP) is 1.84. The van der Waals surface area contributed by atoms with Gasteiger partial charge in [-0.15, -0.1) is 16.8 Å². The second kappa shape index (κ2) is 4.78.